The maximum absolute atomic E-state index is 11.9. The Morgan fingerprint density at radius 3 is 2.23 bits per heavy atom. The van der Waals surface area contributed by atoms with Gasteiger partial charge in [0.15, 0.2) is 0 Å². The largest absolute Gasteiger partial charge is 0.299 e. The smallest absolute Gasteiger partial charge is 0.139 e. The van der Waals surface area contributed by atoms with Gasteiger partial charge in [-0.2, -0.15) is 0 Å². The molecule has 0 spiro atoms. The van der Waals surface area contributed by atoms with Gasteiger partial charge in [-0.15, -0.1) is 0 Å². The fraction of sp³-hybridized carbons (Fsp3) is 0.917. The quantitative estimate of drug-likeness (QED) is 0.649. The van der Waals surface area contributed by atoms with Crippen molar-refractivity contribution in [1.82, 2.24) is 0 Å². The first-order valence-electron chi connectivity index (χ1n) is 5.70. The van der Waals surface area contributed by atoms with Crippen LogP contribution in [0.2, 0.25) is 0 Å². The van der Waals surface area contributed by atoms with Crippen LogP contribution in [0.15, 0.2) is 0 Å². The molecule has 76 valence electrons. The second-order valence-electron chi connectivity index (χ2n) is 4.45. The molecule has 1 nitrogen and oxygen atoms in total. The van der Waals surface area contributed by atoms with E-state index in [-0.39, 0.29) is 5.41 Å². The zero-order chi connectivity index (χ0) is 9.90. The Morgan fingerprint density at radius 1 is 1.31 bits per heavy atom. The van der Waals surface area contributed by atoms with E-state index in [1.807, 2.05) is 6.92 Å². The minimum Gasteiger partial charge on any atom is -0.299 e. The molecule has 1 unspecified atom stereocenters. The lowest BCUT2D eigenvalue weighted by molar-refractivity contribution is -0.131. The molecule has 0 saturated heterocycles. The molecule has 1 atom stereocenters. The van der Waals surface area contributed by atoms with Crippen LogP contribution in [0.25, 0.3) is 0 Å². The third-order valence-electron chi connectivity index (χ3n) is 3.93. The van der Waals surface area contributed by atoms with Gasteiger partial charge in [0.2, 0.25) is 0 Å². The molecule has 0 aromatic carbocycles. The van der Waals surface area contributed by atoms with Crippen molar-refractivity contribution in [1.29, 1.82) is 0 Å². The van der Waals surface area contributed by atoms with Gasteiger partial charge in [-0.25, -0.2) is 0 Å². The van der Waals surface area contributed by atoms with Gasteiger partial charge >= 0.3 is 0 Å². The lowest BCUT2D eigenvalue weighted by Gasteiger charge is -2.33. The summed E-state index contributed by atoms with van der Waals surface area (Å²) in [6.45, 7) is 6.46. The lowest BCUT2D eigenvalue weighted by atomic mass is 9.70. The van der Waals surface area contributed by atoms with E-state index >= 15 is 0 Å². The van der Waals surface area contributed by atoms with Gasteiger partial charge < -0.3 is 0 Å². The number of carbonyl (C=O) groups excluding carboxylic acids is 1. The summed E-state index contributed by atoms with van der Waals surface area (Å²) in [4.78, 5) is 11.9. The molecule has 1 rings (SSSR count). The van der Waals surface area contributed by atoms with Crippen LogP contribution in [0, 0.1) is 11.3 Å². The van der Waals surface area contributed by atoms with Crippen LogP contribution >= 0.6 is 0 Å². The summed E-state index contributed by atoms with van der Waals surface area (Å²) in [6, 6.07) is 0. The van der Waals surface area contributed by atoms with Gasteiger partial charge in [0.05, 0.1) is 0 Å². The van der Waals surface area contributed by atoms with Crippen molar-refractivity contribution in [3.05, 3.63) is 0 Å². The Bertz CT molecular complexity index is 178. The van der Waals surface area contributed by atoms with Crippen molar-refractivity contribution >= 4 is 5.78 Å². The van der Waals surface area contributed by atoms with Crippen molar-refractivity contribution in [2.45, 2.75) is 59.3 Å². The van der Waals surface area contributed by atoms with E-state index < -0.39 is 0 Å². The maximum Gasteiger partial charge on any atom is 0.139 e. The molecule has 0 aromatic heterocycles. The van der Waals surface area contributed by atoms with E-state index in [2.05, 4.69) is 13.8 Å². The first kappa shape index (κ1) is 10.7. The fourth-order valence-electron chi connectivity index (χ4n) is 2.80. The van der Waals surface area contributed by atoms with Crippen molar-refractivity contribution in [3.8, 4) is 0 Å². The summed E-state index contributed by atoms with van der Waals surface area (Å²) in [6.07, 6.45) is 6.69. The molecule has 0 amide bonds. The standard InChI is InChI=1S/C12H22O/c1-4-10(3)12(11(13)5-2)8-6-7-9-12/h10H,4-9H2,1-3H3. The minimum atomic E-state index is 0.0729. The van der Waals surface area contributed by atoms with Crippen LogP contribution in [0.3, 0.4) is 0 Å². The minimum absolute atomic E-state index is 0.0729. The Kier molecular flexibility index (Phi) is 3.52. The predicted molar refractivity (Wildman–Crippen MR) is 55.7 cm³/mol. The summed E-state index contributed by atoms with van der Waals surface area (Å²) in [7, 11) is 0. The Morgan fingerprint density at radius 2 is 1.85 bits per heavy atom. The first-order chi connectivity index (χ1) is 6.17. The Hall–Kier alpha value is -0.330. The van der Waals surface area contributed by atoms with Crippen molar-refractivity contribution in [2.24, 2.45) is 11.3 Å². The highest BCUT2D eigenvalue weighted by Crippen LogP contribution is 2.46. The molecular formula is C12H22O. The van der Waals surface area contributed by atoms with Crippen LogP contribution < -0.4 is 0 Å². The first-order valence-corrected chi connectivity index (χ1v) is 5.70. The maximum atomic E-state index is 11.9. The number of hydrogen-bond acceptors (Lipinski definition) is 1. The van der Waals surface area contributed by atoms with Gasteiger partial charge in [0.25, 0.3) is 0 Å². The van der Waals surface area contributed by atoms with E-state index in [0.717, 1.165) is 25.7 Å². The SMILES string of the molecule is CCC(=O)C1(C(C)CC)CCCC1. The zero-order valence-corrected chi connectivity index (χ0v) is 9.23. The molecule has 1 saturated carbocycles. The van der Waals surface area contributed by atoms with Crippen molar-refractivity contribution in [2.75, 3.05) is 0 Å². The summed E-state index contributed by atoms with van der Waals surface area (Å²) in [5, 5.41) is 0. The molecule has 1 aliphatic rings. The highest BCUT2D eigenvalue weighted by atomic mass is 16.1. The molecule has 0 aromatic rings. The summed E-state index contributed by atoms with van der Waals surface area (Å²) < 4.78 is 0. The summed E-state index contributed by atoms with van der Waals surface area (Å²) in [5.41, 5.74) is 0.0729. The number of Topliss-reactive ketones (excluding diaryl/α,β-unsaturated/α-hetero) is 1. The highest BCUT2D eigenvalue weighted by molar-refractivity contribution is 5.85. The molecule has 0 aliphatic heterocycles. The Labute approximate surface area is 81.9 Å². The Balaban J connectivity index is 2.80. The topological polar surface area (TPSA) is 17.1 Å². The van der Waals surface area contributed by atoms with E-state index in [9.17, 15) is 4.79 Å². The van der Waals surface area contributed by atoms with Gasteiger partial charge in [-0.3, -0.25) is 4.79 Å². The predicted octanol–water partition coefficient (Wildman–Crippen LogP) is 3.57. The second-order valence-corrected chi connectivity index (χ2v) is 4.45. The molecule has 1 fully saturated rings. The second kappa shape index (κ2) is 4.26. The summed E-state index contributed by atoms with van der Waals surface area (Å²) in [5.74, 6) is 1.10. The molecule has 0 N–H and O–H groups in total. The van der Waals surface area contributed by atoms with Crippen LogP contribution in [-0.2, 0) is 4.79 Å². The molecule has 1 heteroatoms. The molecule has 0 heterocycles. The zero-order valence-electron chi connectivity index (χ0n) is 9.23. The number of hydrogen-bond donors (Lipinski definition) is 0. The fourth-order valence-corrected chi connectivity index (χ4v) is 2.80. The van der Waals surface area contributed by atoms with Crippen LogP contribution in [0.4, 0.5) is 0 Å². The molecular weight excluding hydrogens is 160 g/mol. The molecule has 1 aliphatic carbocycles. The average molecular weight is 182 g/mol. The number of carbonyl (C=O) groups is 1. The highest BCUT2D eigenvalue weighted by Gasteiger charge is 2.43. The number of rotatable bonds is 4. The van der Waals surface area contributed by atoms with Gasteiger partial charge in [-0.05, 0) is 18.8 Å². The summed E-state index contributed by atoms with van der Waals surface area (Å²) >= 11 is 0. The van der Waals surface area contributed by atoms with E-state index in [0.29, 0.717) is 11.7 Å². The normalized spacial score (nSPS) is 23.0. The van der Waals surface area contributed by atoms with E-state index in [1.165, 1.54) is 12.8 Å². The van der Waals surface area contributed by atoms with Gasteiger partial charge in [-0.1, -0.05) is 40.0 Å². The third kappa shape index (κ3) is 1.79. The molecule has 0 radical (unpaired) electrons. The van der Waals surface area contributed by atoms with Crippen molar-refractivity contribution in [3.63, 3.8) is 0 Å². The average Bonchev–Trinajstić information content (AvgIpc) is 2.65. The van der Waals surface area contributed by atoms with E-state index in [4.69, 9.17) is 0 Å². The molecule has 0 bridgehead atoms. The lowest BCUT2D eigenvalue weighted by Crippen LogP contribution is -2.34. The number of ketones is 1. The van der Waals surface area contributed by atoms with Crippen molar-refractivity contribution < 1.29 is 4.79 Å². The molecule has 13 heavy (non-hydrogen) atoms. The van der Waals surface area contributed by atoms with E-state index in [1.54, 1.807) is 0 Å². The van der Waals surface area contributed by atoms with Gasteiger partial charge in [0, 0.05) is 11.8 Å². The van der Waals surface area contributed by atoms with Crippen LogP contribution in [-0.4, -0.2) is 5.78 Å². The third-order valence-corrected chi connectivity index (χ3v) is 3.93. The van der Waals surface area contributed by atoms with Crippen LogP contribution in [0.1, 0.15) is 59.3 Å². The van der Waals surface area contributed by atoms with Gasteiger partial charge in [0.1, 0.15) is 5.78 Å². The monoisotopic (exact) mass is 182 g/mol. The van der Waals surface area contributed by atoms with Crippen LogP contribution in [0.5, 0.6) is 0 Å².